The van der Waals surface area contributed by atoms with Crippen molar-refractivity contribution in [2.45, 2.75) is 43.7 Å². The van der Waals surface area contributed by atoms with E-state index in [0.717, 1.165) is 17.7 Å². The van der Waals surface area contributed by atoms with Gasteiger partial charge in [0.15, 0.2) is 0 Å². The fourth-order valence-corrected chi connectivity index (χ4v) is 4.55. The van der Waals surface area contributed by atoms with Crippen molar-refractivity contribution in [2.24, 2.45) is 0 Å². The first-order valence-electron chi connectivity index (χ1n) is 10.3. The predicted molar refractivity (Wildman–Crippen MR) is 107 cm³/mol. The highest BCUT2D eigenvalue weighted by Crippen LogP contribution is 2.34. The Bertz CT molecular complexity index is 915. The lowest BCUT2D eigenvalue weighted by Gasteiger charge is -2.37. The van der Waals surface area contributed by atoms with Crippen LogP contribution in [0.2, 0.25) is 0 Å². The molecule has 3 atom stereocenters. The number of hydrogen-bond donors (Lipinski definition) is 1. The molecule has 2 fully saturated rings. The summed E-state index contributed by atoms with van der Waals surface area (Å²) in [5, 5.41) is 9.42. The third kappa shape index (κ3) is 4.69. The van der Waals surface area contributed by atoms with Crippen LogP contribution in [0.4, 0.5) is 17.6 Å². The van der Waals surface area contributed by atoms with Gasteiger partial charge in [0.05, 0.1) is 11.6 Å². The quantitative estimate of drug-likeness (QED) is 0.726. The van der Waals surface area contributed by atoms with Gasteiger partial charge in [-0.3, -0.25) is 9.69 Å². The highest BCUT2D eigenvalue weighted by Gasteiger charge is 2.40. The van der Waals surface area contributed by atoms with Crippen LogP contribution < -0.4 is 0 Å². The van der Waals surface area contributed by atoms with Gasteiger partial charge in [-0.1, -0.05) is 24.3 Å². The first-order chi connectivity index (χ1) is 14.7. The molecule has 0 radical (unpaired) electrons. The summed E-state index contributed by atoms with van der Waals surface area (Å²) in [7, 11) is 0. The van der Waals surface area contributed by atoms with Crippen LogP contribution in [0.15, 0.2) is 48.5 Å². The Morgan fingerprint density at radius 1 is 0.968 bits per heavy atom. The van der Waals surface area contributed by atoms with Gasteiger partial charge < -0.3 is 10.0 Å². The first kappa shape index (κ1) is 21.6. The molecular weight excluding hydrogens is 412 g/mol. The van der Waals surface area contributed by atoms with Crippen LogP contribution in [-0.4, -0.2) is 52.7 Å². The van der Waals surface area contributed by atoms with Gasteiger partial charge in [0, 0.05) is 25.6 Å². The zero-order valence-electron chi connectivity index (χ0n) is 16.9. The fourth-order valence-electron chi connectivity index (χ4n) is 4.55. The van der Waals surface area contributed by atoms with Crippen molar-refractivity contribution in [3.63, 3.8) is 0 Å². The number of aromatic hydroxyl groups is 1. The number of phenolic OH excluding ortho intramolecular Hbond substituents is 1. The Balaban J connectivity index is 1.35. The number of likely N-dealkylation sites (tertiary alicyclic amines) is 2. The van der Waals surface area contributed by atoms with Gasteiger partial charge in [-0.2, -0.15) is 13.2 Å². The number of nitrogens with zero attached hydrogens (tertiary/aromatic N) is 2. The van der Waals surface area contributed by atoms with Crippen LogP contribution in [0.1, 0.15) is 35.4 Å². The SMILES string of the molecule is O=C1C(N2CC[C@@H](c3ccc(O)cc3)[C@H](F)C2)CCN1Cc1ccc(C(F)(F)F)cc1. The van der Waals surface area contributed by atoms with E-state index in [2.05, 4.69) is 0 Å². The number of carbonyl (C=O) groups is 1. The molecule has 2 aromatic rings. The van der Waals surface area contributed by atoms with Crippen molar-refractivity contribution < 1.29 is 27.5 Å². The summed E-state index contributed by atoms with van der Waals surface area (Å²) >= 11 is 0. The van der Waals surface area contributed by atoms with Gasteiger partial charge in [-0.15, -0.1) is 0 Å². The average Bonchev–Trinajstić information content (AvgIpc) is 3.09. The van der Waals surface area contributed by atoms with Crippen LogP contribution in [0, 0.1) is 0 Å². The van der Waals surface area contributed by atoms with Crippen LogP contribution in [0.5, 0.6) is 5.75 Å². The Morgan fingerprint density at radius 2 is 1.65 bits per heavy atom. The lowest BCUT2D eigenvalue weighted by atomic mass is 9.87. The van der Waals surface area contributed by atoms with Crippen LogP contribution in [-0.2, 0) is 17.5 Å². The van der Waals surface area contributed by atoms with Crippen LogP contribution in [0.3, 0.4) is 0 Å². The summed E-state index contributed by atoms with van der Waals surface area (Å²) < 4.78 is 53.1. The van der Waals surface area contributed by atoms with Gasteiger partial charge in [-0.25, -0.2) is 4.39 Å². The molecule has 1 amide bonds. The number of benzene rings is 2. The number of amides is 1. The molecule has 8 heteroatoms. The van der Waals surface area contributed by atoms with Gasteiger partial charge in [-0.05, 0) is 54.8 Å². The molecule has 0 bridgehead atoms. The van der Waals surface area contributed by atoms with Crippen molar-refractivity contribution in [1.29, 1.82) is 0 Å². The number of alkyl halides is 4. The highest BCUT2D eigenvalue weighted by molar-refractivity contribution is 5.84. The molecule has 0 saturated carbocycles. The summed E-state index contributed by atoms with van der Waals surface area (Å²) in [4.78, 5) is 16.4. The molecule has 0 spiro atoms. The topological polar surface area (TPSA) is 43.8 Å². The van der Waals surface area contributed by atoms with Crippen LogP contribution >= 0.6 is 0 Å². The van der Waals surface area contributed by atoms with Gasteiger partial charge in [0.2, 0.25) is 5.91 Å². The third-order valence-electron chi connectivity index (χ3n) is 6.26. The Morgan fingerprint density at radius 3 is 2.26 bits per heavy atom. The zero-order valence-corrected chi connectivity index (χ0v) is 16.9. The summed E-state index contributed by atoms with van der Waals surface area (Å²) in [6.45, 7) is 1.50. The molecule has 4 rings (SSSR count). The molecule has 2 heterocycles. The lowest BCUT2D eigenvalue weighted by molar-refractivity contribution is -0.137. The van der Waals surface area contributed by atoms with Crippen molar-refractivity contribution >= 4 is 5.91 Å². The summed E-state index contributed by atoms with van der Waals surface area (Å²) in [6, 6.07) is 11.0. The van der Waals surface area contributed by atoms with Crippen molar-refractivity contribution in [2.75, 3.05) is 19.6 Å². The molecule has 0 aromatic heterocycles. The van der Waals surface area contributed by atoms with Crippen molar-refractivity contribution in [1.82, 2.24) is 9.80 Å². The Labute approximate surface area is 178 Å². The molecule has 31 heavy (non-hydrogen) atoms. The van der Waals surface area contributed by atoms with Crippen molar-refractivity contribution in [3.05, 3.63) is 65.2 Å². The number of halogens is 4. The van der Waals surface area contributed by atoms with E-state index >= 15 is 0 Å². The van der Waals surface area contributed by atoms with E-state index in [1.54, 1.807) is 29.2 Å². The average molecular weight is 436 g/mol. The normalized spacial score (nSPS) is 25.2. The second-order valence-electron chi connectivity index (χ2n) is 8.26. The fraction of sp³-hybridized carbons (Fsp3) is 0.435. The highest BCUT2D eigenvalue weighted by atomic mass is 19.4. The van der Waals surface area contributed by atoms with Gasteiger partial charge in [0.25, 0.3) is 0 Å². The van der Waals surface area contributed by atoms with Gasteiger partial charge in [0.1, 0.15) is 11.9 Å². The maximum Gasteiger partial charge on any atom is 0.416 e. The molecule has 2 aromatic carbocycles. The maximum atomic E-state index is 14.9. The lowest BCUT2D eigenvalue weighted by Crippen LogP contribution is -2.49. The molecule has 2 aliphatic rings. The van der Waals surface area contributed by atoms with E-state index < -0.39 is 24.0 Å². The van der Waals surface area contributed by atoms with E-state index in [1.807, 2.05) is 4.90 Å². The minimum Gasteiger partial charge on any atom is -0.508 e. The minimum atomic E-state index is -4.39. The number of rotatable bonds is 4. The molecular formula is C23H24F4N2O2. The number of hydrogen-bond acceptors (Lipinski definition) is 3. The standard InChI is InChI=1S/C23H24F4N2O2/c24-20-14-28(11-9-19(20)16-3-7-18(30)8-4-16)21-10-12-29(22(21)31)13-15-1-5-17(6-2-15)23(25,26)27/h1-8,19-21,30H,9-14H2/t19-,20+,21?/m0/s1. The number of phenols is 1. The molecule has 4 nitrogen and oxygen atoms in total. The maximum absolute atomic E-state index is 14.9. The van der Waals surface area contributed by atoms with E-state index in [4.69, 9.17) is 0 Å². The van der Waals surface area contributed by atoms with E-state index in [1.165, 1.54) is 12.1 Å². The first-order valence-corrected chi connectivity index (χ1v) is 10.3. The summed E-state index contributed by atoms with van der Waals surface area (Å²) in [5.41, 5.74) is 0.760. The van der Waals surface area contributed by atoms with Gasteiger partial charge >= 0.3 is 6.18 Å². The largest absolute Gasteiger partial charge is 0.508 e. The monoisotopic (exact) mass is 436 g/mol. The third-order valence-corrected chi connectivity index (χ3v) is 6.26. The zero-order chi connectivity index (χ0) is 22.2. The van der Waals surface area contributed by atoms with E-state index in [0.29, 0.717) is 31.5 Å². The smallest absolute Gasteiger partial charge is 0.416 e. The van der Waals surface area contributed by atoms with E-state index in [-0.39, 0.29) is 30.7 Å². The van der Waals surface area contributed by atoms with E-state index in [9.17, 15) is 27.5 Å². The molecule has 166 valence electrons. The predicted octanol–water partition coefficient (Wildman–Crippen LogP) is 4.34. The summed E-state index contributed by atoms with van der Waals surface area (Å²) in [6.07, 6.45) is -4.34. The molecule has 0 aliphatic carbocycles. The van der Waals surface area contributed by atoms with Crippen molar-refractivity contribution in [3.8, 4) is 5.75 Å². The Hall–Kier alpha value is -2.61. The molecule has 1 N–H and O–H groups in total. The minimum absolute atomic E-state index is 0.102. The number of piperidine rings is 1. The second-order valence-corrected chi connectivity index (χ2v) is 8.26. The second kappa shape index (κ2) is 8.49. The summed E-state index contributed by atoms with van der Waals surface area (Å²) in [5.74, 6) is -0.229. The molecule has 2 aliphatic heterocycles. The molecule has 1 unspecified atom stereocenters. The number of carbonyl (C=O) groups excluding carboxylic acids is 1. The molecule has 2 saturated heterocycles. The van der Waals surface area contributed by atoms with Crippen LogP contribution in [0.25, 0.3) is 0 Å². The Kier molecular flexibility index (Phi) is 5.92.